The number of hydrogen-bond donors (Lipinski definition) is 1. The number of rotatable bonds is 4. The van der Waals surface area contributed by atoms with E-state index in [2.05, 4.69) is 41.1 Å². The summed E-state index contributed by atoms with van der Waals surface area (Å²) in [5.41, 5.74) is 3.36. The Bertz CT molecular complexity index is 723. The maximum absolute atomic E-state index is 12.4. The fourth-order valence-corrected chi connectivity index (χ4v) is 2.98. The lowest BCUT2D eigenvalue weighted by Crippen LogP contribution is -2.49. The summed E-state index contributed by atoms with van der Waals surface area (Å²) in [7, 11) is 0. The van der Waals surface area contributed by atoms with Crippen molar-refractivity contribution in [3.8, 4) is 0 Å². The van der Waals surface area contributed by atoms with Crippen LogP contribution in [0.5, 0.6) is 0 Å². The molecular weight excluding hydrogens is 302 g/mol. The summed E-state index contributed by atoms with van der Waals surface area (Å²) in [6, 6.07) is 11.7. The third-order valence-corrected chi connectivity index (χ3v) is 4.51. The van der Waals surface area contributed by atoms with Crippen LogP contribution in [-0.2, 0) is 11.2 Å². The predicted octanol–water partition coefficient (Wildman–Crippen LogP) is 1.96. The first-order chi connectivity index (χ1) is 11.6. The number of nitrogens with one attached hydrogen (secondary N) is 1. The van der Waals surface area contributed by atoms with Crippen LogP contribution in [-0.4, -0.2) is 42.0 Å². The van der Waals surface area contributed by atoms with E-state index in [0.717, 1.165) is 38.3 Å². The van der Waals surface area contributed by atoms with Gasteiger partial charge in [-0.25, -0.2) is 0 Å². The van der Waals surface area contributed by atoms with Crippen LogP contribution in [0.15, 0.2) is 47.4 Å². The summed E-state index contributed by atoms with van der Waals surface area (Å²) in [6.45, 7) is 5.11. The van der Waals surface area contributed by atoms with E-state index in [1.165, 1.54) is 17.2 Å². The third-order valence-electron chi connectivity index (χ3n) is 4.51. The number of carbonyl (C=O) groups is 1. The lowest BCUT2D eigenvalue weighted by Gasteiger charge is -2.36. The number of H-pyrrole nitrogens is 1. The van der Waals surface area contributed by atoms with E-state index in [0.29, 0.717) is 6.42 Å². The van der Waals surface area contributed by atoms with Crippen molar-refractivity contribution in [1.29, 1.82) is 0 Å². The average molecular weight is 325 g/mol. The van der Waals surface area contributed by atoms with Gasteiger partial charge >= 0.3 is 0 Å². The largest absolute Gasteiger partial charge is 0.367 e. The van der Waals surface area contributed by atoms with Crippen molar-refractivity contribution >= 4 is 11.6 Å². The van der Waals surface area contributed by atoms with Gasteiger partial charge in [0, 0.05) is 44.9 Å². The highest BCUT2D eigenvalue weighted by Crippen LogP contribution is 2.15. The molecule has 0 bridgehead atoms. The molecule has 0 unspecified atom stereocenters. The minimum atomic E-state index is -0.0938. The van der Waals surface area contributed by atoms with Crippen LogP contribution in [0.2, 0.25) is 0 Å². The van der Waals surface area contributed by atoms with Crippen molar-refractivity contribution in [2.24, 2.45) is 0 Å². The molecule has 0 aliphatic carbocycles. The van der Waals surface area contributed by atoms with E-state index < -0.39 is 0 Å². The number of piperazine rings is 1. The molecule has 1 N–H and O–H groups in total. The first-order valence-electron chi connectivity index (χ1n) is 8.39. The van der Waals surface area contributed by atoms with Gasteiger partial charge in [0.05, 0.1) is 5.69 Å². The topological polar surface area (TPSA) is 56.4 Å². The van der Waals surface area contributed by atoms with Gasteiger partial charge in [-0.2, -0.15) is 0 Å². The maximum atomic E-state index is 12.4. The second kappa shape index (κ2) is 7.34. The van der Waals surface area contributed by atoms with E-state index in [1.807, 2.05) is 11.0 Å². The first kappa shape index (κ1) is 16.3. The summed E-state index contributed by atoms with van der Waals surface area (Å²) >= 11 is 0. The molecule has 1 aromatic heterocycles. The Morgan fingerprint density at radius 2 is 1.75 bits per heavy atom. The Morgan fingerprint density at radius 1 is 1.04 bits per heavy atom. The van der Waals surface area contributed by atoms with Crippen molar-refractivity contribution in [1.82, 2.24) is 9.88 Å². The summed E-state index contributed by atoms with van der Waals surface area (Å²) < 4.78 is 0. The molecule has 1 amide bonds. The number of pyridine rings is 1. The molecule has 1 aliphatic rings. The zero-order valence-electron chi connectivity index (χ0n) is 14.0. The van der Waals surface area contributed by atoms with Gasteiger partial charge in [-0.15, -0.1) is 0 Å². The van der Waals surface area contributed by atoms with Gasteiger partial charge in [0.25, 0.3) is 0 Å². The smallest absolute Gasteiger partial charge is 0.248 e. The molecule has 1 saturated heterocycles. The molecule has 126 valence electrons. The average Bonchev–Trinajstić information content (AvgIpc) is 2.62. The molecule has 0 radical (unpaired) electrons. The Morgan fingerprint density at radius 3 is 2.38 bits per heavy atom. The fraction of sp³-hybridized carbons (Fsp3) is 0.368. The van der Waals surface area contributed by atoms with Crippen LogP contribution in [0.4, 0.5) is 5.69 Å². The molecule has 2 aromatic rings. The molecule has 24 heavy (non-hydrogen) atoms. The van der Waals surface area contributed by atoms with Crippen LogP contribution in [0.3, 0.4) is 0 Å². The fourth-order valence-electron chi connectivity index (χ4n) is 2.98. The molecule has 1 aliphatic heterocycles. The number of aryl methyl sites for hydroxylation is 2. The standard InChI is InChI=1S/C19H23N3O2/c1-15-2-4-16(5-3-15)6-9-19(24)22-12-10-21(11-13-22)17-7-8-18(23)20-14-17/h2-5,7-8,14H,6,9-13H2,1H3,(H,20,23). The monoisotopic (exact) mass is 325 g/mol. The third kappa shape index (κ3) is 4.04. The Kier molecular flexibility index (Phi) is 4.99. The van der Waals surface area contributed by atoms with Crippen molar-refractivity contribution < 1.29 is 4.79 Å². The highest BCUT2D eigenvalue weighted by molar-refractivity contribution is 5.76. The molecule has 1 aromatic carbocycles. The SMILES string of the molecule is Cc1ccc(CCC(=O)N2CCN(c3ccc(=O)[nH]c3)CC2)cc1. The molecule has 0 spiro atoms. The van der Waals surface area contributed by atoms with Gasteiger partial charge in [-0.1, -0.05) is 29.8 Å². The van der Waals surface area contributed by atoms with Crippen LogP contribution < -0.4 is 10.5 Å². The number of aromatic amines is 1. The van der Waals surface area contributed by atoms with Gasteiger partial charge in [0.1, 0.15) is 0 Å². The molecule has 0 atom stereocenters. The lowest BCUT2D eigenvalue weighted by atomic mass is 10.1. The predicted molar refractivity (Wildman–Crippen MR) is 95.4 cm³/mol. The van der Waals surface area contributed by atoms with E-state index >= 15 is 0 Å². The minimum absolute atomic E-state index is 0.0938. The first-order valence-corrected chi connectivity index (χ1v) is 8.39. The van der Waals surface area contributed by atoms with Gasteiger partial charge in [-0.05, 0) is 25.0 Å². The van der Waals surface area contributed by atoms with E-state index in [1.54, 1.807) is 6.20 Å². The quantitative estimate of drug-likeness (QED) is 0.935. The molecule has 2 heterocycles. The van der Waals surface area contributed by atoms with Gasteiger partial charge in [0.15, 0.2) is 0 Å². The van der Waals surface area contributed by atoms with E-state index in [9.17, 15) is 9.59 Å². The van der Waals surface area contributed by atoms with Crippen molar-refractivity contribution in [2.75, 3.05) is 31.1 Å². The second-order valence-electron chi connectivity index (χ2n) is 6.26. The van der Waals surface area contributed by atoms with Crippen molar-refractivity contribution in [3.63, 3.8) is 0 Å². The second-order valence-corrected chi connectivity index (χ2v) is 6.26. The van der Waals surface area contributed by atoms with Gasteiger partial charge in [0.2, 0.25) is 11.5 Å². The Balaban J connectivity index is 1.48. The van der Waals surface area contributed by atoms with Crippen LogP contribution >= 0.6 is 0 Å². The highest BCUT2D eigenvalue weighted by Gasteiger charge is 2.21. The number of carbonyl (C=O) groups excluding carboxylic acids is 1. The van der Waals surface area contributed by atoms with Crippen LogP contribution in [0.1, 0.15) is 17.5 Å². The number of nitrogens with zero attached hydrogens (tertiary/aromatic N) is 2. The zero-order valence-corrected chi connectivity index (χ0v) is 14.0. The van der Waals surface area contributed by atoms with Crippen molar-refractivity contribution in [3.05, 3.63) is 64.1 Å². The number of benzene rings is 1. The summed E-state index contributed by atoms with van der Waals surface area (Å²) in [5, 5.41) is 0. The molecule has 1 fully saturated rings. The normalized spacial score (nSPS) is 14.7. The maximum Gasteiger partial charge on any atom is 0.248 e. The molecule has 5 nitrogen and oxygen atoms in total. The molecule has 0 saturated carbocycles. The van der Waals surface area contributed by atoms with Gasteiger partial charge in [-0.3, -0.25) is 9.59 Å². The number of amides is 1. The Labute approximate surface area is 141 Å². The number of hydrogen-bond acceptors (Lipinski definition) is 3. The highest BCUT2D eigenvalue weighted by atomic mass is 16.2. The summed E-state index contributed by atoms with van der Waals surface area (Å²) in [5.74, 6) is 0.219. The molecule has 5 heteroatoms. The zero-order chi connectivity index (χ0) is 16.9. The minimum Gasteiger partial charge on any atom is -0.367 e. The van der Waals surface area contributed by atoms with E-state index in [4.69, 9.17) is 0 Å². The lowest BCUT2D eigenvalue weighted by molar-refractivity contribution is -0.131. The molecule has 3 rings (SSSR count). The summed E-state index contributed by atoms with van der Waals surface area (Å²) in [6.07, 6.45) is 3.08. The van der Waals surface area contributed by atoms with Crippen molar-refractivity contribution in [2.45, 2.75) is 19.8 Å². The molecular formula is C19H23N3O2. The van der Waals surface area contributed by atoms with Crippen LogP contribution in [0, 0.1) is 6.92 Å². The van der Waals surface area contributed by atoms with Gasteiger partial charge < -0.3 is 14.8 Å². The van der Waals surface area contributed by atoms with E-state index in [-0.39, 0.29) is 11.5 Å². The summed E-state index contributed by atoms with van der Waals surface area (Å²) in [4.78, 5) is 30.3. The van der Waals surface area contributed by atoms with Crippen LogP contribution in [0.25, 0.3) is 0 Å². The Hall–Kier alpha value is -2.56. The number of anilines is 1. The number of aromatic nitrogens is 1.